The minimum atomic E-state index is -0.297. The smallest absolute Gasteiger partial charge is 0.141 e. The van der Waals surface area contributed by atoms with E-state index in [0.29, 0.717) is 6.54 Å². The molecule has 1 aromatic rings. The lowest BCUT2D eigenvalue weighted by Gasteiger charge is -2.22. The van der Waals surface area contributed by atoms with Crippen molar-refractivity contribution in [3.63, 3.8) is 0 Å². The Labute approximate surface area is 90.1 Å². The molecule has 0 aromatic carbocycles. The van der Waals surface area contributed by atoms with Crippen LogP contribution in [-0.2, 0) is 0 Å². The van der Waals surface area contributed by atoms with Gasteiger partial charge in [-0.15, -0.1) is 0 Å². The third-order valence-corrected chi connectivity index (χ3v) is 2.16. The van der Waals surface area contributed by atoms with Crippen LogP contribution in [-0.4, -0.2) is 24.6 Å². The molecule has 0 radical (unpaired) electrons. The molecular formula is C11H18FN3. The van der Waals surface area contributed by atoms with Crippen LogP contribution < -0.4 is 10.6 Å². The Morgan fingerprint density at radius 1 is 1.40 bits per heavy atom. The number of anilines is 1. The largest absolute Gasteiger partial charge is 0.357 e. The van der Waals surface area contributed by atoms with Gasteiger partial charge in [0, 0.05) is 13.1 Å². The summed E-state index contributed by atoms with van der Waals surface area (Å²) in [5, 5.41) is 0. The maximum atomic E-state index is 12.7. The topological polar surface area (TPSA) is 42.1 Å². The normalized spacial score (nSPS) is 10.3. The van der Waals surface area contributed by atoms with Gasteiger partial charge in [-0.2, -0.15) is 0 Å². The average Bonchev–Trinajstić information content (AvgIpc) is 2.25. The summed E-state index contributed by atoms with van der Waals surface area (Å²) in [4.78, 5) is 6.19. The molecule has 0 aliphatic heterocycles. The molecular weight excluding hydrogens is 193 g/mol. The van der Waals surface area contributed by atoms with Crippen LogP contribution in [0.1, 0.15) is 19.8 Å². The molecule has 0 bridgehead atoms. The van der Waals surface area contributed by atoms with Crippen molar-refractivity contribution in [1.82, 2.24) is 4.98 Å². The Morgan fingerprint density at radius 2 is 2.20 bits per heavy atom. The molecule has 0 saturated carbocycles. The lowest BCUT2D eigenvalue weighted by Crippen LogP contribution is -2.27. The summed E-state index contributed by atoms with van der Waals surface area (Å²) in [5.74, 6) is 0.528. The van der Waals surface area contributed by atoms with Gasteiger partial charge >= 0.3 is 0 Å². The molecule has 3 nitrogen and oxygen atoms in total. The lowest BCUT2D eigenvalue weighted by atomic mass is 10.3. The molecule has 0 amide bonds. The fourth-order valence-corrected chi connectivity index (χ4v) is 1.45. The van der Waals surface area contributed by atoms with Crippen LogP contribution >= 0.6 is 0 Å². The summed E-state index contributed by atoms with van der Waals surface area (Å²) in [6, 6.07) is 3.15. The highest BCUT2D eigenvalue weighted by molar-refractivity contribution is 5.37. The fourth-order valence-electron chi connectivity index (χ4n) is 1.45. The highest BCUT2D eigenvalue weighted by Crippen LogP contribution is 2.11. The van der Waals surface area contributed by atoms with E-state index in [0.717, 1.165) is 31.7 Å². The van der Waals surface area contributed by atoms with Crippen LogP contribution in [0.4, 0.5) is 10.2 Å². The molecule has 0 saturated heterocycles. The van der Waals surface area contributed by atoms with Crippen LogP contribution in [0.2, 0.25) is 0 Å². The third-order valence-electron chi connectivity index (χ3n) is 2.16. The highest BCUT2D eigenvalue weighted by atomic mass is 19.1. The first kappa shape index (κ1) is 11.9. The second-order valence-corrected chi connectivity index (χ2v) is 3.46. The maximum absolute atomic E-state index is 12.7. The van der Waals surface area contributed by atoms with E-state index in [-0.39, 0.29) is 5.82 Å². The lowest BCUT2D eigenvalue weighted by molar-refractivity contribution is 0.619. The number of aromatic nitrogens is 1. The molecule has 0 fully saturated rings. The van der Waals surface area contributed by atoms with Crippen molar-refractivity contribution < 1.29 is 4.39 Å². The van der Waals surface area contributed by atoms with Crippen molar-refractivity contribution in [1.29, 1.82) is 0 Å². The van der Waals surface area contributed by atoms with E-state index in [9.17, 15) is 4.39 Å². The Morgan fingerprint density at radius 3 is 2.73 bits per heavy atom. The minimum absolute atomic E-state index is 0.297. The summed E-state index contributed by atoms with van der Waals surface area (Å²) in [6.07, 6.45) is 3.23. The summed E-state index contributed by atoms with van der Waals surface area (Å²) >= 11 is 0. The second kappa shape index (κ2) is 6.35. The van der Waals surface area contributed by atoms with Gasteiger partial charge in [0.2, 0.25) is 0 Å². The van der Waals surface area contributed by atoms with Crippen LogP contribution in [0, 0.1) is 5.82 Å². The Bertz CT molecular complexity index is 274. The maximum Gasteiger partial charge on any atom is 0.141 e. The van der Waals surface area contributed by atoms with Crippen LogP contribution in [0.5, 0.6) is 0 Å². The van der Waals surface area contributed by atoms with Crippen molar-refractivity contribution in [3.05, 3.63) is 24.1 Å². The van der Waals surface area contributed by atoms with E-state index < -0.39 is 0 Å². The zero-order valence-corrected chi connectivity index (χ0v) is 9.12. The molecule has 0 atom stereocenters. The van der Waals surface area contributed by atoms with E-state index in [1.807, 2.05) is 0 Å². The number of rotatable bonds is 6. The third kappa shape index (κ3) is 3.83. The van der Waals surface area contributed by atoms with E-state index in [4.69, 9.17) is 5.73 Å². The van der Waals surface area contributed by atoms with Crippen LogP contribution in [0.3, 0.4) is 0 Å². The quantitative estimate of drug-likeness (QED) is 0.780. The van der Waals surface area contributed by atoms with E-state index in [2.05, 4.69) is 16.8 Å². The standard InChI is InChI=1S/C11H18FN3/c1-2-7-15(8-3-6-13)11-5-4-10(12)9-14-11/h4-5,9H,2-3,6-8,13H2,1H3. The molecule has 1 rings (SSSR count). The van der Waals surface area contributed by atoms with Gasteiger partial charge in [0.05, 0.1) is 6.20 Å². The SMILES string of the molecule is CCCN(CCCN)c1ccc(F)cn1. The predicted octanol–water partition coefficient (Wildman–Crippen LogP) is 1.79. The van der Waals surface area contributed by atoms with Gasteiger partial charge in [-0.1, -0.05) is 6.92 Å². The Hall–Kier alpha value is -1.16. The van der Waals surface area contributed by atoms with Gasteiger partial charge in [-0.25, -0.2) is 9.37 Å². The highest BCUT2D eigenvalue weighted by Gasteiger charge is 2.05. The number of hydrogen-bond donors (Lipinski definition) is 1. The number of nitrogens with two attached hydrogens (primary N) is 1. The molecule has 2 N–H and O–H groups in total. The summed E-state index contributed by atoms with van der Waals surface area (Å²) in [7, 11) is 0. The molecule has 0 unspecified atom stereocenters. The van der Waals surface area contributed by atoms with Gasteiger partial charge in [-0.05, 0) is 31.5 Å². The van der Waals surface area contributed by atoms with Crippen molar-refractivity contribution in [3.8, 4) is 0 Å². The molecule has 15 heavy (non-hydrogen) atoms. The van der Waals surface area contributed by atoms with Crippen LogP contribution in [0.15, 0.2) is 18.3 Å². The van der Waals surface area contributed by atoms with Gasteiger partial charge in [0.1, 0.15) is 11.6 Å². The van der Waals surface area contributed by atoms with Crippen molar-refractivity contribution >= 4 is 5.82 Å². The summed E-state index contributed by atoms with van der Waals surface area (Å²) < 4.78 is 12.7. The number of pyridine rings is 1. The monoisotopic (exact) mass is 211 g/mol. The number of hydrogen-bond acceptors (Lipinski definition) is 3. The van der Waals surface area contributed by atoms with Gasteiger partial charge < -0.3 is 10.6 Å². The van der Waals surface area contributed by atoms with Crippen molar-refractivity contribution in [2.45, 2.75) is 19.8 Å². The van der Waals surface area contributed by atoms with Gasteiger partial charge in [0.15, 0.2) is 0 Å². The number of halogens is 1. The van der Waals surface area contributed by atoms with E-state index in [1.54, 1.807) is 6.07 Å². The molecule has 4 heteroatoms. The molecule has 1 heterocycles. The fraction of sp³-hybridized carbons (Fsp3) is 0.545. The zero-order valence-electron chi connectivity index (χ0n) is 9.12. The van der Waals surface area contributed by atoms with E-state index in [1.165, 1.54) is 12.3 Å². The predicted molar refractivity (Wildman–Crippen MR) is 60.4 cm³/mol. The molecule has 1 aromatic heterocycles. The second-order valence-electron chi connectivity index (χ2n) is 3.46. The molecule has 0 spiro atoms. The minimum Gasteiger partial charge on any atom is -0.357 e. The van der Waals surface area contributed by atoms with E-state index >= 15 is 0 Å². The molecule has 84 valence electrons. The zero-order chi connectivity index (χ0) is 11.1. The first-order valence-corrected chi connectivity index (χ1v) is 5.34. The van der Waals surface area contributed by atoms with Crippen LogP contribution in [0.25, 0.3) is 0 Å². The van der Waals surface area contributed by atoms with Crippen molar-refractivity contribution in [2.75, 3.05) is 24.5 Å². The average molecular weight is 211 g/mol. The summed E-state index contributed by atoms with van der Waals surface area (Å²) in [6.45, 7) is 4.59. The first-order valence-electron chi connectivity index (χ1n) is 5.34. The van der Waals surface area contributed by atoms with Crippen molar-refractivity contribution in [2.24, 2.45) is 5.73 Å². The Kier molecular flexibility index (Phi) is 5.04. The first-order chi connectivity index (χ1) is 7.27. The van der Waals surface area contributed by atoms with Gasteiger partial charge in [-0.3, -0.25) is 0 Å². The number of nitrogens with zero attached hydrogens (tertiary/aromatic N) is 2. The van der Waals surface area contributed by atoms with Gasteiger partial charge in [0.25, 0.3) is 0 Å². The molecule has 0 aliphatic carbocycles. The Balaban J connectivity index is 2.65. The summed E-state index contributed by atoms with van der Waals surface area (Å²) in [5.41, 5.74) is 5.47. The molecule has 0 aliphatic rings.